The third kappa shape index (κ3) is 8.88. The maximum absolute atomic E-state index is 10.7. The first-order valence-corrected chi connectivity index (χ1v) is 12.9. The molecule has 0 unspecified atom stereocenters. The fourth-order valence-corrected chi connectivity index (χ4v) is 3.64. The van der Waals surface area contributed by atoms with Crippen LogP contribution in [0.4, 0.5) is 34.1 Å². The fraction of sp³-hybridized carbons (Fsp3) is 0.308. The molecule has 4 rings (SSSR count). The molecule has 0 bridgehead atoms. The van der Waals surface area contributed by atoms with E-state index >= 15 is 0 Å². The Morgan fingerprint density at radius 3 is 1.80 bits per heavy atom. The van der Waals surface area contributed by atoms with Crippen LogP contribution in [0.5, 0.6) is 17.4 Å². The van der Waals surface area contributed by atoms with Gasteiger partial charge in [0, 0.05) is 55.1 Å². The van der Waals surface area contributed by atoms with Gasteiger partial charge in [0.15, 0.2) is 5.69 Å². The van der Waals surface area contributed by atoms with Crippen molar-refractivity contribution in [3.05, 3.63) is 74.2 Å². The molecule has 0 saturated heterocycles. The molecule has 0 spiro atoms. The van der Waals surface area contributed by atoms with Gasteiger partial charge >= 0.3 is 0 Å². The van der Waals surface area contributed by atoms with E-state index in [1.165, 1.54) is 33.6 Å². The molecule has 3 N–H and O–H groups in total. The van der Waals surface area contributed by atoms with Crippen molar-refractivity contribution in [1.82, 2.24) is 19.6 Å². The minimum atomic E-state index is -0.595. The minimum absolute atomic E-state index is 0. The number of rotatable bonds is 10. The van der Waals surface area contributed by atoms with Crippen LogP contribution in [0.1, 0.15) is 38.1 Å². The van der Waals surface area contributed by atoms with Crippen LogP contribution in [0.3, 0.4) is 0 Å². The van der Waals surface area contributed by atoms with E-state index in [1.807, 2.05) is 13.8 Å². The molecule has 0 amide bonds. The van der Waals surface area contributed by atoms with Crippen LogP contribution in [0.15, 0.2) is 56.9 Å². The van der Waals surface area contributed by atoms with Gasteiger partial charge in [-0.1, -0.05) is 38.8 Å². The maximum atomic E-state index is 10.7. The van der Waals surface area contributed by atoms with E-state index in [0.29, 0.717) is 17.8 Å². The zero-order valence-corrected chi connectivity index (χ0v) is 25.1. The zero-order valence-electron chi connectivity index (χ0n) is 24.1. The summed E-state index contributed by atoms with van der Waals surface area (Å²) in [5.74, 6) is -0.572. The number of nitro groups is 2. The molecule has 0 aliphatic rings. The van der Waals surface area contributed by atoms with Crippen molar-refractivity contribution in [3.8, 4) is 17.4 Å². The van der Waals surface area contributed by atoms with Gasteiger partial charge in [-0.05, 0) is 24.2 Å². The molecule has 0 aliphatic carbocycles. The summed E-state index contributed by atoms with van der Waals surface area (Å²) in [5, 5.41) is 74.6. The summed E-state index contributed by atoms with van der Waals surface area (Å²) < 4.78 is 2.78. The van der Waals surface area contributed by atoms with Crippen LogP contribution >= 0.6 is 0 Å². The third-order valence-electron chi connectivity index (χ3n) is 5.70. The van der Waals surface area contributed by atoms with Gasteiger partial charge in [-0.25, -0.2) is 4.68 Å². The van der Waals surface area contributed by atoms with Crippen molar-refractivity contribution in [3.63, 3.8) is 0 Å². The monoisotopic (exact) mass is 652 g/mol. The van der Waals surface area contributed by atoms with Crippen molar-refractivity contribution in [2.75, 3.05) is 0 Å². The summed E-state index contributed by atoms with van der Waals surface area (Å²) in [5.41, 5.74) is 1.57. The van der Waals surface area contributed by atoms with Crippen molar-refractivity contribution in [2.45, 2.75) is 39.5 Å². The van der Waals surface area contributed by atoms with E-state index in [1.54, 1.807) is 14.1 Å². The number of hydrogen-bond donors (Lipinski definition) is 3. The number of azo groups is 2. The Bertz CT molecular complexity index is 1680. The topological polar surface area (TPSA) is 232 Å². The van der Waals surface area contributed by atoms with E-state index in [2.05, 4.69) is 36.9 Å². The molecular formula is C26H29CoN10O7-. The molecular weight excluding hydrogens is 623 g/mol. The Morgan fingerprint density at radius 2 is 1.30 bits per heavy atom. The van der Waals surface area contributed by atoms with Crippen LogP contribution in [0.2, 0.25) is 0 Å². The summed E-state index contributed by atoms with van der Waals surface area (Å²) in [6, 6.07) is 7.01. The second-order valence-electron chi connectivity index (χ2n) is 9.03. The molecule has 2 heterocycles. The zero-order chi connectivity index (χ0) is 31.7. The smallest absolute Gasteiger partial charge is 0.271 e. The van der Waals surface area contributed by atoms with Crippen LogP contribution in [-0.4, -0.2) is 44.7 Å². The van der Waals surface area contributed by atoms with Crippen LogP contribution < -0.4 is 0 Å². The van der Waals surface area contributed by atoms with Gasteiger partial charge in [-0.2, -0.15) is 10.2 Å². The number of phenols is 2. The number of hydrogen-bond acceptors (Lipinski definition) is 13. The van der Waals surface area contributed by atoms with E-state index in [-0.39, 0.29) is 62.6 Å². The number of phenolic OH excluding ortho intramolecular Hbond substituents is 2. The largest absolute Gasteiger partial charge is 0.506 e. The normalized spacial score (nSPS) is 10.9. The first-order valence-electron chi connectivity index (χ1n) is 12.9. The average Bonchev–Trinajstić information content (AvgIpc) is 3.45. The SMILES string of the molecule is CCCc1nn(C)[c-]c1N=Nc1cc([N+](=O)[O-])ccc1O.CCCc1nn(C)c(O)c1N=Nc1cc([N+](=O)[O-])ccc1O.[Co]. The van der Waals surface area contributed by atoms with Crippen molar-refractivity contribution >= 4 is 34.1 Å². The van der Waals surface area contributed by atoms with Crippen molar-refractivity contribution in [1.29, 1.82) is 0 Å². The van der Waals surface area contributed by atoms with Crippen LogP contribution in [0, 0.1) is 26.4 Å². The summed E-state index contributed by atoms with van der Waals surface area (Å²) in [6.45, 7) is 3.97. The molecule has 1 radical (unpaired) electrons. The molecule has 17 nitrogen and oxygen atoms in total. The Kier molecular flexibility index (Phi) is 12.6. The number of non-ortho nitro benzene ring substituents is 2. The number of aromatic nitrogens is 4. The van der Waals surface area contributed by atoms with E-state index in [0.717, 1.165) is 37.1 Å². The van der Waals surface area contributed by atoms with Gasteiger partial charge in [-0.3, -0.25) is 25.3 Å². The molecule has 0 saturated carbocycles. The Morgan fingerprint density at radius 1 is 0.795 bits per heavy atom. The fourth-order valence-electron chi connectivity index (χ4n) is 3.64. The summed E-state index contributed by atoms with van der Waals surface area (Å²) >= 11 is 0. The summed E-state index contributed by atoms with van der Waals surface area (Å²) in [6.07, 6.45) is 5.92. The van der Waals surface area contributed by atoms with Gasteiger partial charge in [0.2, 0.25) is 5.88 Å². The molecule has 0 aliphatic heterocycles. The molecule has 4 aromatic rings. The van der Waals surface area contributed by atoms with Gasteiger partial charge in [-0.15, -0.1) is 21.5 Å². The average molecular weight is 653 g/mol. The van der Waals surface area contributed by atoms with E-state index in [9.17, 15) is 35.5 Å². The number of aromatic hydroxyl groups is 3. The maximum Gasteiger partial charge on any atom is 0.271 e. The molecule has 2 aromatic carbocycles. The predicted octanol–water partition coefficient (Wildman–Crippen LogP) is 6.31. The molecule has 18 heteroatoms. The first-order chi connectivity index (χ1) is 20.4. The minimum Gasteiger partial charge on any atom is -0.506 e. The van der Waals surface area contributed by atoms with Gasteiger partial charge in [0.25, 0.3) is 11.4 Å². The molecule has 44 heavy (non-hydrogen) atoms. The second kappa shape index (κ2) is 15.8. The Balaban J connectivity index is 0.000000300. The van der Waals surface area contributed by atoms with Crippen molar-refractivity contribution in [2.24, 2.45) is 34.6 Å². The first kappa shape index (κ1) is 35.0. The number of benzene rings is 2. The molecule has 235 valence electrons. The van der Waals surface area contributed by atoms with Crippen LogP contribution in [-0.2, 0) is 43.7 Å². The third-order valence-corrected chi connectivity index (χ3v) is 5.70. The number of aryl methyl sites for hydroxylation is 4. The van der Waals surface area contributed by atoms with E-state index in [4.69, 9.17) is 0 Å². The van der Waals surface area contributed by atoms with E-state index < -0.39 is 9.85 Å². The number of nitro benzene ring substituents is 2. The molecule has 2 aromatic heterocycles. The quantitative estimate of drug-likeness (QED) is 0.0753. The Labute approximate surface area is 261 Å². The molecule has 0 atom stereocenters. The summed E-state index contributed by atoms with van der Waals surface area (Å²) in [4.78, 5) is 20.3. The predicted molar refractivity (Wildman–Crippen MR) is 153 cm³/mol. The van der Waals surface area contributed by atoms with Crippen molar-refractivity contribution < 1.29 is 41.9 Å². The summed E-state index contributed by atoms with van der Waals surface area (Å²) in [7, 11) is 3.29. The second-order valence-corrected chi connectivity index (χ2v) is 9.03. The standard InChI is InChI=1S/C13H15N5O4.C13H14N5O3.Co/c1-3-4-9-12(13(20)17(2)16-9)15-14-10-7-8(18(21)22)5-6-11(10)19;1-3-4-10-12(8-17(2)16-10)15-14-11-7-9(18(20)21)5-6-13(11)19;/h5-7,19-20H,3-4H2,1-2H3;5-7,19H,3-4H2,1-2H3;/q;-1;. The van der Waals surface area contributed by atoms with Gasteiger partial charge < -0.3 is 20.0 Å². The van der Waals surface area contributed by atoms with Crippen LogP contribution in [0.25, 0.3) is 0 Å². The number of nitrogens with zero attached hydrogens (tertiary/aromatic N) is 10. The van der Waals surface area contributed by atoms with Gasteiger partial charge in [0.1, 0.15) is 22.9 Å². The molecule has 0 fully saturated rings. The Hall–Kier alpha value is -5.23. The van der Waals surface area contributed by atoms with Gasteiger partial charge in [0.05, 0.1) is 15.5 Å².